The van der Waals surface area contributed by atoms with Crippen molar-refractivity contribution in [2.24, 2.45) is 13.0 Å². The highest BCUT2D eigenvalue weighted by Gasteiger charge is 2.34. The third kappa shape index (κ3) is 3.58. The van der Waals surface area contributed by atoms with Crippen LogP contribution in [0.1, 0.15) is 48.2 Å². The summed E-state index contributed by atoms with van der Waals surface area (Å²) < 4.78 is 12.9. The summed E-state index contributed by atoms with van der Waals surface area (Å²) in [6.45, 7) is 1.48. The summed E-state index contributed by atoms with van der Waals surface area (Å²) in [6.07, 6.45) is 7.38. The summed E-state index contributed by atoms with van der Waals surface area (Å²) in [5.74, 6) is 2.02. The number of ether oxygens (including phenoxy) is 2. The number of fused-ring (bicyclic) bond motifs is 1. The standard InChI is InChI=1S/C21H27N3O3/c1-24-10-9-22-20(24)19(15-7-11-27-12-8-15)23-21(25)17-6-4-14-3-5-16(26-2)13-18(14)17/h3,5,9-10,13,15,17,19H,4,6-8,11-12H2,1-2H3,(H,23,25). The number of benzene rings is 1. The van der Waals surface area contributed by atoms with Gasteiger partial charge in [-0.25, -0.2) is 4.98 Å². The largest absolute Gasteiger partial charge is 0.497 e. The molecule has 1 saturated heterocycles. The quantitative estimate of drug-likeness (QED) is 0.880. The van der Waals surface area contributed by atoms with Gasteiger partial charge in [0.15, 0.2) is 0 Å². The Bertz CT molecular complexity index is 811. The van der Waals surface area contributed by atoms with Crippen molar-refractivity contribution in [3.05, 3.63) is 47.5 Å². The number of aromatic nitrogens is 2. The average molecular weight is 369 g/mol. The lowest BCUT2D eigenvalue weighted by atomic mass is 9.90. The second kappa shape index (κ2) is 7.72. The van der Waals surface area contributed by atoms with Crippen LogP contribution in [-0.2, 0) is 23.0 Å². The molecule has 4 rings (SSSR count). The molecule has 1 amide bonds. The van der Waals surface area contributed by atoms with E-state index in [0.717, 1.165) is 56.0 Å². The zero-order valence-corrected chi connectivity index (χ0v) is 16.0. The van der Waals surface area contributed by atoms with Gasteiger partial charge in [0, 0.05) is 32.7 Å². The molecule has 1 aromatic heterocycles. The highest BCUT2D eigenvalue weighted by molar-refractivity contribution is 5.85. The number of nitrogens with one attached hydrogen (secondary N) is 1. The summed E-state index contributed by atoms with van der Waals surface area (Å²) in [4.78, 5) is 17.8. The maximum Gasteiger partial charge on any atom is 0.228 e. The van der Waals surface area contributed by atoms with Gasteiger partial charge in [-0.05, 0) is 54.9 Å². The lowest BCUT2D eigenvalue weighted by molar-refractivity contribution is -0.124. The molecule has 0 bridgehead atoms. The van der Waals surface area contributed by atoms with Crippen LogP contribution in [0.5, 0.6) is 5.75 Å². The molecular formula is C21H27N3O3. The Morgan fingerprint density at radius 3 is 2.85 bits per heavy atom. The molecule has 1 fully saturated rings. The SMILES string of the molecule is COc1ccc2c(c1)C(C(=O)NC(c1nccn1C)C1CCOCC1)CC2. The van der Waals surface area contributed by atoms with Crippen LogP contribution in [0, 0.1) is 5.92 Å². The highest BCUT2D eigenvalue weighted by Crippen LogP contribution is 2.37. The number of hydrogen-bond donors (Lipinski definition) is 1. The number of carbonyl (C=O) groups is 1. The van der Waals surface area contributed by atoms with Gasteiger partial charge >= 0.3 is 0 Å². The Morgan fingerprint density at radius 1 is 1.33 bits per heavy atom. The van der Waals surface area contributed by atoms with E-state index in [-0.39, 0.29) is 17.9 Å². The number of amides is 1. The van der Waals surface area contributed by atoms with E-state index in [1.165, 1.54) is 5.56 Å². The molecule has 2 atom stereocenters. The van der Waals surface area contributed by atoms with Gasteiger partial charge in [0.25, 0.3) is 0 Å². The predicted molar refractivity (Wildman–Crippen MR) is 102 cm³/mol. The topological polar surface area (TPSA) is 65.4 Å². The Hall–Kier alpha value is -2.34. The van der Waals surface area contributed by atoms with E-state index in [9.17, 15) is 4.79 Å². The van der Waals surface area contributed by atoms with Crippen molar-refractivity contribution in [3.63, 3.8) is 0 Å². The number of rotatable bonds is 5. The Balaban J connectivity index is 1.57. The zero-order chi connectivity index (χ0) is 18.8. The normalized spacial score (nSPS) is 20.9. The summed E-state index contributed by atoms with van der Waals surface area (Å²) in [6, 6.07) is 5.97. The van der Waals surface area contributed by atoms with Crippen LogP contribution in [0.4, 0.5) is 0 Å². The average Bonchev–Trinajstić information content (AvgIpc) is 3.32. The number of hydrogen-bond acceptors (Lipinski definition) is 4. The molecule has 0 spiro atoms. The van der Waals surface area contributed by atoms with E-state index in [0.29, 0.717) is 5.92 Å². The molecular weight excluding hydrogens is 342 g/mol. The molecule has 0 saturated carbocycles. The Morgan fingerprint density at radius 2 is 2.15 bits per heavy atom. The molecule has 1 aromatic carbocycles. The van der Waals surface area contributed by atoms with Gasteiger partial charge in [-0.15, -0.1) is 0 Å². The van der Waals surface area contributed by atoms with Gasteiger partial charge in [0.1, 0.15) is 11.6 Å². The van der Waals surface area contributed by atoms with Crippen LogP contribution in [0.3, 0.4) is 0 Å². The van der Waals surface area contributed by atoms with Gasteiger partial charge in [0.2, 0.25) is 5.91 Å². The molecule has 1 aliphatic carbocycles. The highest BCUT2D eigenvalue weighted by atomic mass is 16.5. The minimum Gasteiger partial charge on any atom is -0.497 e. The maximum atomic E-state index is 13.2. The van der Waals surface area contributed by atoms with E-state index in [1.54, 1.807) is 13.3 Å². The molecule has 6 heteroatoms. The maximum absolute atomic E-state index is 13.2. The van der Waals surface area contributed by atoms with Gasteiger partial charge in [0.05, 0.1) is 19.1 Å². The first-order chi connectivity index (χ1) is 13.2. The third-order valence-electron chi connectivity index (χ3n) is 5.92. The van der Waals surface area contributed by atoms with Gasteiger partial charge in [-0.2, -0.15) is 0 Å². The second-order valence-corrected chi connectivity index (χ2v) is 7.49. The summed E-state index contributed by atoms with van der Waals surface area (Å²) >= 11 is 0. The van der Waals surface area contributed by atoms with Crippen LogP contribution in [0.2, 0.25) is 0 Å². The number of aryl methyl sites for hydroxylation is 2. The lowest BCUT2D eigenvalue weighted by Gasteiger charge is -2.31. The number of carbonyl (C=O) groups excluding carboxylic acids is 1. The predicted octanol–water partition coefficient (Wildman–Crippen LogP) is 2.74. The van der Waals surface area contributed by atoms with Crippen LogP contribution >= 0.6 is 0 Å². The van der Waals surface area contributed by atoms with Gasteiger partial charge < -0.3 is 19.4 Å². The summed E-state index contributed by atoms with van der Waals surface area (Å²) in [7, 11) is 3.64. The van der Waals surface area contributed by atoms with Crippen LogP contribution in [0.25, 0.3) is 0 Å². The van der Waals surface area contributed by atoms with Crippen molar-refractivity contribution < 1.29 is 14.3 Å². The molecule has 27 heavy (non-hydrogen) atoms. The molecule has 2 unspecified atom stereocenters. The number of methoxy groups -OCH3 is 1. The van der Waals surface area contributed by atoms with Gasteiger partial charge in [-0.3, -0.25) is 4.79 Å². The van der Waals surface area contributed by atoms with E-state index in [1.807, 2.05) is 29.9 Å². The minimum atomic E-state index is -0.127. The molecule has 2 aromatic rings. The summed E-state index contributed by atoms with van der Waals surface area (Å²) in [5.41, 5.74) is 2.34. The van der Waals surface area contributed by atoms with Crippen LogP contribution < -0.4 is 10.1 Å². The first kappa shape index (κ1) is 18.0. The smallest absolute Gasteiger partial charge is 0.228 e. The summed E-state index contributed by atoms with van der Waals surface area (Å²) in [5, 5.41) is 3.33. The molecule has 6 nitrogen and oxygen atoms in total. The third-order valence-corrected chi connectivity index (χ3v) is 5.92. The van der Waals surface area contributed by atoms with E-state index < -0.39 is 0 Å². The van der Waals surface area contributed by atoms with Crippen LogP contribution in [0.15, 0.2) is 30.6 Å². The van der Waals surface area contributed by atoms with Crippen molar-refractivity contribution in [1.82, 2.24) is 14.9 Å². The molecule has 1 N–H and O–H groups in total. The first-order valence-corrected chi connectivity index (χ1v) is 9.69. The van der Waals surface area contributed by atoms with E-state index >= 15 is 0 Å². The molecule has 144 valence electrons. The van der Waals surface area contributed by atoms with Crippen molar-refractivity contribution in [2.75, 3.05) is 20.3 Å². The number of imidazole rings is 1. The van der Waals surface area contributed by atoms with Crippen molar-refractivity contribution in [1.29, 1.82) is 0 Å². The van der Waals surface area contributed by atoms with Crippen molar-refractivity contribution in [3.8, 4) is 5.75 Å². The van der Waals surface area contributed by atoms with Crippen molar-refractivity contribution in [2.45, 2.75) is 37.6 Å². The Labute approximate surface area is 159 Å². The Kier molecular flexibility index (Phi) is 5.16. The van der Waals surface area contributed by atoms with E-state index in [4.69, 9.17) is 9.47 Å². The molecule has 2 aliphatic rings. The first-order valence-electron chi connectivity index (χ1n) is 9.69. The van der Waals surface area contributed by atoms with Gasteiger partial charge in [-0.1, -0.05) is 6.07 Å². The fourth-order valence-electron chi connectivity index (χ4n) is 4.35. The second-order valence-electron chi connectivity index (χ2n) is 7.49. The van der Waals surface area contributed by atoms with E-state index in [2.05, 4.69) is 16.4 Å². The molecule has 1 aliphatic heterocycles. The molecule has 0 radical (unpaired) electrons. The monoisotopic (exact) mass is 369 g/mol. The number of nitrogens with zero attached hydrogens (tertiary/aromatic N) is 2. The van der Waals surface area contributed by atoms with Crippen LogP contribution in [-0.4, -0.2) is 35.8 Å². The molecule has 2 heterocycles. The fourth-order valence-corrected chi connectivity index (χ4v) is 4.35. The van der Waals surface area contributed by atoms with Crippen molar-refractivity contribution >= 4 is 5.91 Å². The zero-order valence-electron chi connectivity index (χ0n) is 16.0. The minimum absolute atomic E-state index is 0.0847. The lowest BCUT2D eigenvalue weighted by Crippen LogP contribution is -2.39. The fraction of sp³-hybridized carbons (Fsp3) is 0.524.